The van der Waals surface area contributed by atoms with Gasteiger partial charge in [0.1, 0.15) is 5.56 Å². The van der Waals surface area contributed by atoms with Gasteiger partial charge in [0.2, 0.25) is 5.88 Å². The van der Waals surface area contributed by atoms with Gasteiger partial charge in [-0.25, -0.2) is 4.98 Å². The molecule has 0 atom stereocenters. The van der Waals surface area contributed by atoms with Crippen molar-refractivity contribution in [1.29, 1.82) is 0 Å². The predicted molar refractivity (Wildman–Crippen MR) is 70.0 cm³/mol. The smallest absolute Gasteiger partial charge is 0.256 e. The van der Waals surface area contributed by atoms with Gasteiger partial charge in [-0.3, -0.25) is 9.48 Å². The van der Waals surface area contributed by atoms with E-state index in [1.807, 2.05) is 16.9 Å². The number of amides is 1. The number of rotatable bonds is 6. The van der Waals surface area contributed by atoms with Crippen LogP contribution in [-0.2, 0) is 6.54 Å². The maximum atomic E-state index is 11.9. The summed E-state index contributed by atoms with van der Waals surface area (Å²) in [7, 11) is 1.50. The largest absolute Gasteiger partial charge is 0.480 e. The summed E-state index contributed by atoms with van der Waals surface area (Å²) in [5.41, 5.74) is 0.448. The van der Waals surface area contributed by atoms with Crippen molar-refractivity contribution in [1.82, 2.24) is 20.1 Å². The lowest BCUT2D eigenvalue weighted by atomic mass is 10.2. The van der Waals surface area contributed by atoms with Crippen molar-refractivity contribution < 1.29 is 9.53 Å². The molecule has 19 heavy (non-hydrogen) atoms. The average Bonchev–Trinajstić information content (AvgIpc) is 2.96. The first-order valence-electron chi connectivity index (χ1n) is 6.06. The second-order valence-electron chi connectivity index (χ2n) is 3.94. The van der Waals surface area contributed by atoms with Gasteiger partial charge >= 0.3 is 0 Å². The van der Waals surface area contributed by atoms with Crippen LogP contribution in [0.2, 0.25) is 0 Å². The first kappa shape index (κ1) is 13.1. The van der Waals surface area contributed by atoms with Gasteiger partial charge in [0, 0.05) is 31.7 Å². The summed E-state index contributed by atoms with van der Waals surface area (Å²) in [6.07, 6.45) is 6.04. The summed E-state index contributed by atoms with van der Waals surface area (Å²) in [6.45, 7) is 1.36. The number of carbonyl (C=O) groups excluding carboxylic acids is 1. The van der Waals surface area contributed by atoms with Crippen molar-refractivity contribution in [2.75, 3.05) is 13.7 Å². The summed E-state index contributed by atoms with van der Waals surface area (Å²) in [5, 5.41) is 6.93. The number of nitrogens with zero attached hydrogens (tertiary/aromatic N) is 3. The molecule has 1 amide bonds. The molecule has 0 spiro atoms. The molecule has 0 radical (unpaired) electrons. The molecular weight excluding hydrogens is 244 g/mol. The number of aromatic nitrogens is 3. The molecule has 0 aliphatic rings. The Morgan fingerprint density at radius 3 is 3.05 bits per heavy atom. The molecule has 0 unspecified atom stereocenters. The van der Waals surface area contributed by atoms with Crippen molar-refractivity contribution in [3.05, 3.63) is 42.4 Å². The summed E-state index contributed by atoms with van der Waals surface area (Å²) < 4.78 is 6.88. The molecule has 0 aliphatic heterocycles. The quantitative estimate of drug-likeness (QED) is 0.790. The normalized spacial score (nSPS) is 10.2. The predicted octanol–water partition coefficient (Wildman–Crippen LogP) is 1.11. The van der Waals surface area contributed by atoms with Gasteiger partial charge in [-0.15, -0.1) is 0 Å². The van der Waals surface area contributed by atoms with E-state index >= 15 is 0 Å². The van der Waals surface area contributed by atoms with E-state index in [4.69, 9.17) is 4.74 Å². The molecule has 2 aromatic rings. The van der Waals surface area contributed by atoms with Gasteiger partial charge in [-0.1, -0.05) is 0 Å². The average molecular weight is 260 g/mol. The molecule has 2 aromatic heterocycles. The van der Waals surface area contributed by atoms with E-state index in [9.17, 15) is 4.79 Å². The first-order valence-corrected chi connectivity index (χ1v) is 6.06. The highest BCUT2D eigenvalue weighted by molar-refractivity contribution is 5.96. The lowest BCUT2D eigenvalue weighted by molar-refractivity contribution is 0.0949. The maximum absolute atomic E-state index is 11.9. The van der Waals surface area contributed by atoms with Gasteiger partial charge in [-0.05, 0) is 24.6 Å². The van der Waals surface area contributed by atoms with Gasteiger partial charge in [-0.2, -0.15) is 5.10 Å². The topological polar surface area (TPSA) is 69.0 Å². The van der Waals surface area contributed by atoms with Gasteiger partial charge in [0.15, 0.2) is 0 Å². The van der Waals surface area contributed by atoms with Gasteiger partial charge in [0.05, 0.1) is 7.11 Å². The fourth-order valence-electron chi connectivity index (χ4n) is 1.70. The number of pyridine rings is 1. The monoisotopic (exact) mass is 260 g/mol. The molecule has 6 nitrogen and oxygen atoms in total. The van der Waals surface area contributed by atoms with Crippen LogP contribution in [0.4, 0.5) is 0 Å². The zero-order valence-electron chi connectivity index (χ0n) is 10.7. The minimum absolute atomic E-state index is 0.176. The summed E-state index contributed by atoms with van der Waals surface area (Å²) in [4.78, 5) is 15.9. The molecule has 0 saturated carbocycles. The van der Waals surface area contributed by atoms with Gasteiger partial charge in [0.25, 0.3) is 5.91 Å². The van der Waals surface area contributed by atoms with Crippen molar-refractivity contribution in [3.63, 3.8) is 0 Å². The highest BCUT2D eigenvalue weighted by atomic mass is 16.5. The van der Waals surface area contributed by atoms with Crippen LogP contribution in [0, 0.1) is 0 Å². The van der Waals surface area contributed by atoms with E-state index in [-0.39, 0.29) is 5.91 Å². The van der Waals surface area contributed by atoms with Crippen LogP contribution in [0.15, 0.2) is 36.8 Å². The lowest BCUT2D eigenvalue weighted by Crippen LogP contribution is -2.26. The minimum atomic E-state index is -0.176. The molecule has 0 aliphatic carbocycles. The Labute approximate surface area is 111 Å². The number of carbonyl (C=O) groups is 1. The maximum Gasteiger partial charge on any atom is 0.256 e. The van der Waals surface area contributed by atoms with E-state index in [0.29, 0.717) is 18.0 Å². The molecule has 2 rings (SSSR count). The molecule has 6 heteroatoms. The number of aryl methyl sites for hydroxylation is 1. The van der Waals surface area contributed by atoms with Crippen LogP contribution in [0.5, 0.6) is 5.88 Å². The second-order valence-corrected chi connectivity index (χ2v) is 3.94. The van der Waals surface area contributed by atoms with Gasteiger partial charge < -0.3 is 10.1 Å². The van der Waals surface area contributed by atoms with Crippen LogP contribution in [0.25, 0.3) is 0 Å². The molecule has 0 bridgehead atoms. The lowest BCUT2D eigenvalue weighted by Gasteiger charge is -2.08. The summed E-state index contributed by atoms with van der Waals surface area (Å²) in [5.74, 6) is 0.164. The van der Waals surface area contributed by atoms with Crippen LogP contribution in [0.3, 0.4) is 0 Å². The Kier molecular flexibility index (Phi) is 4.49. The molecule has 100 valence electrons. The Morgan fingerprint density at radius 2 is 2.32 bits per heavy atom. The van der Waals surface area contributed by atoms with Crippen LogP contribution in [-0.4, -0.2) is 34.3 Å². The summed E-state index contributed by atoms with van der Waals surface area (Å²) >= 11 is 0. The van der Waals surface area contributed by atoms with E-state index < -0.39 is 0 Å². The Hall–Kier alpha value is -2.37. The first-order chi connectivity index (χ1) is 9.31. The van der Waals surface area contributed by atoms with Crippen molar-refractivity contribution in [2.24, 2.45) is 0 Å². The van der Waals surface area contributed by atoms with E-state index in [1.54, 1.807) is 24.5 Å². The Morgan fingerprint density at radius 1 is 1.42 bits per heavy atom. The van der Waals surface area contributed by atoms with E-state index in [0.717, 1.165) is 13.0 Å². The number of hydrogen-bond acceptors (Lipinski definition) is 4. The zero-order valence-corrected chi connectivity index (χ0v) is 10.7. The molecule has 0 saturated heterocycles. The molecule has 0 aromatic carbocycles. The molecule has 2 heterocycles. The third-order valence-electron chi connectivity index (χ3n) is 2.62. The highest BCUT2D eigenvalue weighted by Crippen LogP contribution is 2.12. The van der Waals surface area contributed by atoms with Crippen LogP contribution >= 0.6 is 0 Å². The van der Waals surface area contributed by atoms with E-state index in [1.165, 1.54) is 7.11 Å². The highest BCUT2D eigenvalue weighted by Gasteiger charge is 2.11. The van der Waals surface area contributed by atoms with Crippen molar-refractivity contribution >= 4 is 5.91 Å². The standard InChI is InChI=1S/C13H16N4O2/c1-19-13-11(5-2-6-15-13)12(18)14-7-3-9-17-10-4-8-16-17/h2,4-6,8,10H,3,7,9H2,1H3,(H,14,18). The van der Waals surface area contributed by atoms with E-state index in [2.05, 4.69) is 15.4 Å². The number of nitrogens with one attached hydrogen (secondary N) is 1. The Balaban J connectivity index is 1.81. The SMILES string of the molecule is COc1ncccc1C(=O)NCCCn1cccn1. The minimum Gasteiger partial charge on any atom is -0.480 e. The summed E-state index contributed by atoms with van der Waals surface area (Å²) in [6, 6.07) is 5.27. The van der Waals surface area contributed by atoms with Crippen molar-refractivity contribution in [2.45, 2.75) is 13.0 Å². The second kappa shape index (κ2) is 6.53. The molecule has 1 N–H and O–H groups in total. The number of hydrogen-bond donors (Lipinski definition) is 1. The fraction of sp³-hybridized carbons (Fsp3) is 0.308. The third-order valence-corrected chi connectivity index (χ3v) is 2.62. The van der Waals surface area contributed by atoms with Crippen LogP contribution < -0.4 is 10.1 Å². The molecule has 0 fully saturated rings. The van der Waals surface area contributed by atoms with Crippen molar-refractivity contribution in [3.8, 4) is 5.88 Å². The van der Waals surface area contributed by atoms with Crippen LogP contribution in [0.1, 0.15) is 16.8 Å². The third kappa shape index (κ3) is 3.54. The number of methoxy groups -OCH3 is 1. The fourth-order valence-corrected chi connectivity index (χ4v) is 1.70. The molecular formula is C13H16N4O2. The Bertz CT molecular complexity index is 525. The zero-order chi connectivity index (χ0) is 13.5. The number of ether oxygens (including phenoxy) is 1.